The molecule has 1 fully saturated rings. The van der Waals surface area contributed by atoms with Crippen LogP contribution in [-0.2, 0) is 0 Å². The number of hydrogen-bond donors (Lipinski definition) is 2. The lowest BCUT2D eigenvalue weighted by Gasteiger charge is -2.30. The topological polar surface area (TPSA) is 60.8 Å². The van der Waals surface area contributed by atoms with Crippen LogP contribution in [0.1, 0.15) is 25.7 Å². The first-order valence-electron chi connectivity index (χ1n) is 4.82. The van der Waals surface area contributed by atoms with E-state index in [-0.39, 0.29) is 6.61 Å². The average Bonchev–Trinajstić information content (AvgIpc) is 2.15. The van der Waals surface area contributed by atoms with Gasteiger partial charge in [0, 0.05) is 19.7 Å². The summed E-state index contributed by atoms with van der Waals surface area (Å²) in [5, 5.41) is 17.4. The molecule has 76 valence electrons. The van der Waals surface area contributed by atoms with Crippen molar-refractivity contribution in [1.29, 1.82) is 0 Å². The first kappa shape index (κ1) is 10.3. The lowest BCUT2D eigenvalue weighted by Crippen LogP contribution is -2.38. The number of piperidine rings is 1. The minimum Gasteiger partial charge on any atom is -0.465 e. The van der Waals surface area contributed by atoms with Gasteiger partial charge >= 0.3 is 6.09 Å². The van der Waals surface area contributed by atoms with Gasteiger partial charge in [-0.1, -0.05) is 0 Å². The molecule has 1 rings (SSSR count). The second-order valence-electron chi connectivity index (χ2n) is 3.60. The lowest BCUT2D eigenvalue weighted by molar-refractivity contribution is 0.116. The van der Waals surface area contributed by atoms with E-state index in [9.17, 15) is 4.79 Å². The number of hydrogen-bond acceptors (Lipinski definition) is 2. The van der Waals surface area contributed by atoms with Crippen LogP contribution in [0, 0.1) is 5.92 Å². The maximum atomic E-state index is 10.7. The van der Waals surface area contributed by atoms with Crippen LogP contribution in [0.15, 0.2) is 0 Å². The molecule has 1 saturated heterocycles. The van der Waals surface area contributed by atoms with E-state index in [1.807, 2.05) is 0 Å². The van der Waals surface area contributed by atoms with Crippen LogP contribution in [0.2, 0.25) is 0 Å². The van der Waals surface area contributed by atoms with Gasteiger partial charge < -0.3 is 15.1 Å². The number of carbonyl (C=O) groups is 1. The largest absolute Gasteiger partial charge is 0.465 e. The van der Waals surface area contributed by atoms with Crippen LogP contribution in [0.5, 0.6) is 0 Å². The van der Waals surface area contributed by atoms with Crippen molar-refractivity contribution in [3.63, 3.8) is 0 Å². The van der Waals surface area contributed by atoms with E-state index in [1.54, 1.807) is 0 Å². The summed E-state index contributed by atoms with van der Waals surface area (Å²) >= 11 is 0. The Morgan fingerprint density at radius 1 is 1.54 bits per heavy atom. The SMILES string of the molecule is O=C(O)N1CCCC(CCCO)C1. The maximum Gasteiger partial charge on any atom is 0.407 e. The summed E-state index contributed by atoms with van der Waals surface area (Å²) in [6.45, 7) is 1.53. The van der Waals surface area contributed by atoms with E-state index in [1.165, 1.54) is 4.90 Å². The van der Waals surface area contributed by atoms with Gasteiger partial charge in [0.1, 0.15) is 0 Å². The van der Waals surface area contributed by atoms with Gasteiger partial charge in [-0.05, 0) is 31.6 Å². The van der Waals surface area contributed by atoms with E-state index in [0.29, 0.717) is 19.0 Å². The predicted octanol–water partition coefficient (Wildman–Crippen LogP) is 1.15. The van der Waals surface area contributed by atoms with Crippen LogP contribution in [0.25, 0.3) is 0 Å². The third-order valence-electron chi connectivity index (χ3n) is 2.56. The van der Waals surface area contributed by atoms with E-state index in [2.05, 4.69) is 0 Å². The Balaban J connectivity index is 2.29. The zero-order chi connectivity index (χ0) is 9.68. The van der Waals surface area contributed by atoms with Crippen LogP contribution in [-0.4, -0.2) is 40.9 Å². The molecule has 1 aliphatic rings. The molecule has 0 bridgehead atoms. The Morgan fingerprint density at radius 2 is 2.31 bits per heavy atom. The van der Waals surface area contributed by atoms with Crippen LogP contribution < -0.4 is 0 Å². The molecule has 1 aliphatic heterocycles. The zero-order valence-corrected chi connectivity index (χ0v) is 7.78. The highest BCUT2D eigenvalue weighted by molar-refractivity contribution is 5.65. The highest BCUT2D eigenvalue weighted by Gasteiger charge is 2.22. The van der Waals surface area contributed by atoms with Crippen molar-refractivity contribution in [3.8, 4) is 0 Å². The number of rotatable bonds is 3. The molecule has 4 nitrogen and oxygen atoms in total. The number of aliphatic hydroxyl groups excluding tert-OH is 1. The van der Waals surface area contributed by atoms with Gasteiger partial charge in [0.25, 0.3) is 0 Å². The Labute approximate surface area is 78.2 Å². The molecule has 1 atom stereocenters. The zero-order valence-electron chi connectivity index (χ0n) is 7.78. The van der Waals surface area contributed by atoms with E-state index in [4.69, 9.17) is 10.2 Å². The molecule has 0 radical (unpaired) electrons. The molecule has 1 amide bonds. The molecular weight excluding hydrogens is 170 g/mol. The Morgan fingerprint density at radius 3 is 2.92 bits per heavy atom. The van der Waals surface area contributed by atoms with Crippen molar-refractivity contribution in [1.82, 2.24) is 4.90 Å². The van der Waals surface area contributed by atoms with E-state index < -0.39 is 6.09 Å². The molecule has 13 heavy (non-hydrogen) atoms. The summed E-state index contributed by atoms with van der Waals surface area (Å²) in [4.78, 5) is 12.1. The lowest BCUT2D eigenvalue weighted by atomic mass is 9.94. The molecule has 1 heterocycles. The number of likely N-dealkylation sites (tertiary alicyclic amines) is 1. The fourth-order valence-corrected chi connectivity index (χ4v) is 1.85. The third-order valence-corrected chi connectivity index (χ3v) is 2.56. The standard InChI is InChI=1S/C9H17NO3/c11-6-2-4-8-3-1-5-10(7-8)9(12)13/h8,11H,1-7H2,(H,12,13). The van der Waals surface area contributed by atoms with Crippen molar-refractivity contribution in [2.24, 2.45) is 5.92 Å². The predicted molar refractivity (Wildman–Crippen MR) is 48.6 cm³/mol. The molecule has 0 aromatic heterocycles. The van der Waals surface area contributed by atoms with E-state index >= 15 is 0 Å². The highest BCUT2D eigenvalue weighted by Crippen LogP contribution is 2.20. The van der Waals surface area contributed by atoms with Crippen molar-refractivity contribution in [2.75, 3.05) is 19.7 Å². The summed E-state index contributed by atoms with van der Waals surface area (Å²) in [7, 11) is 0. The Kier molecular flexibility index (Phi) is 4.02. The van der Waals surface area contributed by atoms with Crippen molar-refractivity contribution in [2.45, 2.75) is 25.7 Å². The van der Waals surface area contributed by atoms with Crippen LogP contribution in [0.3, 0.4) is 0 Å². The summed E-state index contributed by atoms with van der Waals surface area (Å²) in [6, 6.07) is 0. The fourth-order valence-electron chi connectivity index (χ4n) is 1.85. The van der Waals surface area contributed by atoms with Crippen molar-refractivity contribution >= 4 is 6.09 Å². The molecule has 1 unspecified atom stereocenters. The summed E-state index contributed by atoms with van der Waals surface area (Å²) in [5.41, 5.74) is 0. The fraction of sp³-hybridized carbons (Fsp3) is 0.889. The number of amides is 1. The van der Waals surface area contributed by atoms with Crippen LogP contribution >= 0.6 is 0 Å². The minimum absolute atomic E-state index is 0.212. The van der Waals surface area contributed by atoms with Gasteiger partial charge in [0.2, 0.25) is 0 Å². The van der Waals surface area contributed by atoms with Crippen molar-refractivity contribution in [3.05, 3.63) is 0 Å². The number of carboxylic acid groups (broad SMARTS) is 1. The molecule has 2 N–H and O–H groups in total. The van der Waals surface area contributed by atoms with Gasteiger partial charge in [-0.15, -0.1) is 0 Å². The van der Waals surface area contributed by atoms with Gasteiger partial charge in [0.15, 0.2) is 0 Å². The quantitative estimate of drug-likeness (QED) is 0.696. The second-order valence-corrected chi connectivity index (χ2v) is 3.60. The Bertz CT molecular complexity index is 172. The molecule has 0 aliphatic carbocycles. The molecule has 0 saturated carbocycles. The smallest absolute Gasteiger partial charge is 0.407 e. The summed E-state index contributed by atoms with van der Waals surface area (Å²) in [5.74, 6) is 0.456. The monoisotopic (exact) mass is 187 g/mol. The first-order valence-corrected chi connectivity index (χ1v) is 4.82. The minimum atomic E-state index is -0.811. The number of nitrogens with zero attached hydrogens (tertiary/aromatic N) is 1. The molecule has 4 heteroatoms. The van der Waals surface area contributed by atoms with Gasteiger partial charge in [-0.3, -0.25) is 0 Å². The highest BCUT2D eigenvalue weighted by atomic mass is 16.4. The average molecular weight is 187 g/mol. The van der Waals surface area contributed by atoms with Gasteiger partial charge in [-0.2, -0.15) is 0 Å². The molecule has 0 aromatic rings. The third kappa shape index (κ3) is 3.22. The maximum absolute atomic E-state index is 10.7. The van der Waals surface area contributed by atoms with Crippen molar-refractivity contribution < 1.29 is 15.0 Å². The number of aliphatic hydroxyl groups is 1. The first-order chi connectivity index (χ1) is 6.24. The normalized spacial score (nSPS) is 23.2. The Hall–Kier alpha value is -0.770. The van der Waals surface area contributed by atoms with Crippen LogP contribution in [0.4, 0.5) is 4.79 Å². The van der Waals surface area contributed by atoms with Gasteiger partial charge in [0.05, 0.1) is 0 Å². The second kappa shape index (κ2) is 5.07. The summed E-state index contributed by atoms with van der Waals surface area (Å²) in [6.07, 6.45) is 2.98. The molecule has 0 spiro atoms. The van der Waals surface area contributed by atoms with Gasteiger partial charge in [-0.25, -0.2) is 4.79 Å². The van der Waals surface area contributed by atoms with E-state index in [0.717, 1.165) is 25.7 Å². The molecule has 0 aromatic carbocycles. The molecular formula is C9H17NO3. The summed E-state index contributed by atoms with van der Waals surface area (Å²) < 4.78 is 0.